The Balaban J connectivity index is 1.94. The Morgan fingerprint density at radius 3 is 2.80 bits per heavy atom. The summed E-state index contributed by atoms with van der Waals surface area (Å²) >= 11 is 1.74. The zero-order valence-electron chi connectivity index (χ0n) is 12.1. The van der Waals surface area contributed by atoms with Crippen LogP contribution in [-0.4, -0.2) is 31.8 Å². The van der Waals surface area contributed by atoms with E-state index in [0.29, 0.717) is 6.04 Å². The number of methoxy groups -OCH3 is 1. The van der Waals surface area contributed by atoms with Gasteiger partial charge in [-0.25, -0.2) is 4.98 Å². The molecule has 1 heterocycles. The normalized spacial score (nSPS) is 12.5. The van der Waals surface area contributed by atoms with Crippen LogP contribution in [-0.2, 0) is 11.2 Å². The number of rotatable bonds is 8. The number of benzene rings is 1. The zero-order valence-corrected chi connectivity index (χ0v) is 13.0. The fraction of sp³-hybridized carbons (Fsp3) is 0.438. The van der Waals surface area contributed by atoms with Crippen molar-refractivity contribution in [2.75, 3.05) is 20.8 Å². The molecule has 20 heavy (non-hydrogen) atoms. The summed E-state index contributed by atoms with van der Waals surface area (Å²) in [5.41, 5.74) is 2.27. The first-order valence-electron chi connectivity index (χ1n) is 6.99. The molecule has 0 aliphatic heterocycles. The smallest absolute Gasteiger partial charge is 0.0948 e. The highest BCUT2D eigenvalue weighted by molar-refractivity contribution is 7.09. The lowest BCUT2D eigenvalue weighted by Gasteiger charge is -2.14. The summed E-state index contributed by atoms with van der Waals surface area (Å²) in [7, 11) is 3.77. The molecule has 1 unspecified atom stereocenters. The highest BCUT2D eigenvalue weighted by atomic mass is 32.1. The molecule has 2 aromatic rings. The Kier molecular flexibility index (Phi) is 6.18. The van der Waals surface area contributed by atoms with Crippen molar-refractivity contribution in [1.29, 1.82) is 0 Å². The number of hydrogen-bond donors (Lipinski definition) is 1. The minimum Gasteiger partial charge on any atom is -0.385 e. The Labute approximate surface area is 125 Å². The molecule has 1 aromatic carbocycles. The van der Waals surface area contributed by atoms with E-state index in [-0.39, 0.29) is 0 Å². The van der Waals surface area contributed by atoms with Gasteiger partial charge in [0, 0.05) is 37.1 Å². The van der Waals surface area contributed by atoms with E-state index < -0.39 is 0 Å². The van der Waals surface area contributed by atoms with Crippen LogP contribution in [0.1, 0.15) is 17.8 Å². The van der Waals surface area contributed by atoms with Gasteiger partial charge in [-0.3, -0.25) is 0 Å². The first kappa shape index (κ1) is 15.2. The first-order valence-corrected chi connectivity index (χ1v) is 7.87. The summed E-state index contributed by atoms with van der Waals surface area (Å²) in [6.45, 7) is 0.825. The van der Waals surface area contributed by atoms with E-state index in [0.717, 1.165) is 31.6 Å². The molecule has 0 bridgehead atoms. The van der Waals surface area contributed by atoms with Crippen LogP contribution in [0.15, 0.2) is 35.7 Å². The number of thiazole rings is 1. The number of ether oxygens (including phenoxy) is 1. The molecule has 2 rings (SSSR count). The van der Waals surface area contributed by atoms with Gasteiger partial charge in [0.2, 0.25) is 0 Å². The Hall–Kier alpha value is -1.23. The van der Waals surface area contributed by atoms with Crippen molar-refractivity contribution in [1.82, 2.24) is 10.3 Å². The predicted octanol–water partition coefficient (Wildman–Crippen LogP) is 3.37. The zero-order chi connectivity index (χ0) is 14.2. The molecule has 0 radical (unpaired) electrons. The highest BCUT2D eigenvalue weighted by Gasteiger charge is 2.11. The van der Waals surface area contributed by atoms with Gasteiger partial charge in [-0.1, -0.05) is 30.3 Å². The maximum Gasteiger partial charge on any atom is 0.0948 e. The fourth-order valence-electron chi connectivity index (χ4n) is 2.18. The predicted molar refractivity (Wildman–Crippen MR) is 85.2 cm³/mol. The standard InChI is InChI=1S/C16H22N2OS/c1-17-14(9-6-10-19-2)11-16-18-15(12-20-16)13-7-4-3-5-8-13/h3-5,7-8,12,14,17H,6,9-11H2,1-2H3. The molecule has 1 aromatic heterocycles. The van der Waals surface area contributed by atoms with Crippen molar-refractivity contribution >= 4 is 11.3 Å². The second kappa shape index (κ2) is 8.15. The molecule has 1 atom stereocenters. The van der Waals surface area contributed by atoms with Gasteiger partial charge in [-0.05, 0) is 19.9 Å². The van der Waals surface area contributed by atoms with E-state index in [2.05, 4.69) is 35.0 Å². The van der Waals surface area contributed by atoms with Crippen molar-refractivity contribution in [3.8, 4) is 11.3 Å². The summed E-state index contributed by atoms with van der Waals surface area (Å²) in [5.74, 6) is 0. The quantitative estimate of drug-likeness (QED) is 0.757. The third-order valence-electron chi connectivity index (χ3n) is 3.35. The van der Waals surface area contributed by atoms with Crippen molar-refractivity contribution in [2.45, 2.75) is 25.3 Å². The summed E-state index contributed by atoms with van der Waals surface area (Å²) in [6.07, 6.45) is 3.18. The van der Waals surface area contributed by atoms with E-state index in [1.807, 2.05) is 13.1 Å². The molecule has 0 amide bonds. The van der Waals surface area contributed by atoms with Crippen LogP contribution in [0, 0.1) is 0 Å². The molecule has 1 N–H and O–H groups in total. The summed E-state index contributed by atoms with van der Waals surface area (Å²) in [6, 6.07) is 10.8. The topological polar surface area (TPSA) is 34.1 Å². The van der Waals surface area contributed by atoms with Crippen molar-refractivity contribution in [3.63, 3.8) is 0 Å². The molecule has 0 fully saturated rings. The van der Waals surface area contributed by atoms with Gasteiger partial charge in [0.05, 0.1) is 10.7 Å². The highest BCUT2D eigenvalue weighted by Crippen LogP contribution is 2.22. The lowest BCUT2D eigenvalue weighted by atomic mass is 10.1. The van der Waals surface area contributed by atoms with E-state index in [4.69, 9.17) is 9.72 Å². The summed E-state index contributed by atoms with van der Waals surface area (Å²) < 4.78 is 5.11. The number of aromatic nitrogens is 1. The van der Waals surface area contributed by atoms with Gasteiger partial charge in [0.1, 0.15) is 0 Å². The molecular weight excluding hydrogens is 268 g/mol. The van der Waals surface area contributed by atoms with E-state index >= 15 is 0 Å². The summed E-state index contributed by atoms with van der Waals surface area (Å²) in [5, 5.41) is 6.71. The fourth-order valence-corrected chi connectivity index (χ4v) is 3.06. The molecule has 0 saturated heterocycles. The van der Waals surface area contributed by atoms with E-state index in [1.165, 1.54) is 10.6 Å². The van der Waals surface area contributed by atoms with Gasteiger partial charge < -0.3 is 10.1 Å². The first-order chi connectivity index (χ1) is 9.83. The molecule has 0 aliphatic carbocycles. The monoisotopic (exact) mass is 290 g/mol. The number of likely N-dealkylation sites (N-methyl/N-ethyl adjacent to an activating group) is 1. The van der Waals surface area contributed by atoms with Crippen LogP contribution in [0.25, 0.3) is 11.3 Å². The molecule has 108 valence electrons. The van der Waals surface area contributed by atoms with Gasteiger partial charge in [0.25, 0.3) is 0 Å². The van der Waals surface area contributed by atoms with Gasteiger partial charge in [0.15, 0.2) is 0 Å². The minimum atomic E-state index is 0.472. The molecule has 0 saturated carbocycles. The second-order valence-electron chi connectivity index (χ2n) is 4.82. The molecular formula is C16H22N2OS. The molecule has 3 nitrogen and oxygen atoms in total. The number of hydrogen-bond acceptors (Lipinski definition) is 4. The van der Waals surface area contributed by atoms with Gasteiger partial charge in [-0.15, -0.1) is 11.3 Å². The van der Waals surface area contributed by atoms with Crippen LogP contribution in [0.2, 0.25) is 0 Å². The van der Waals surface area contributed by atoms with Crippen LogP contribution in [0.5, 0.6) is 0 Å². The van der Waals surface area contributed by atoms with Crippen LogP contribution in [0.4, 0.5) is 0 Å². The lowest BCUT2D eigenvalue weighted by molar-refractivity contribution is 0.189. The van der Waals surface area contributed by atoms with E-state index in [9.17, 15) is 0 Å². The van der Waals surface area contributed by atoms with E-state index in [1.54, 1.807) is 18.4 Å². The average Bonchev–Trinajstić information content (AvgIpc) is 2.96. The molecule has 0 aliphatic rings. The van der Waals surface area contributed by atoms with Crippen molar-refractivity contribution in [3.05, 3.63) is 40.7 Å². The van der Waals surface area contributed by atoms with Crippen LogP contribution < -0.4 is 5.32 Å². The molecule has 0 spiro atoms. The van der Waals surface area contributed by atoms with Crippen LogP contribution in [0.3, 0.4) is 0 Å². The lowest BCUT2D eigenvalue weighted by Crippen LogP contribution is -2.27. The SMILES string of the molecule is CNC(CCCOC)Cc1nc(-c2ccccc2)cs1. The maximum absolute atomic E-state index is 5.11. The maximum atomic E-state index is 5.11. The largest absolute Gasteiger partial charge is 0.385 e. The Morgan fingerprint density at radius 2 is 2.10 bits per heavy atom. The van der Waals surface area contributed by atoms with Gasteiger partial charge in [-0.2, -0.15) is 0 Å². The third kappa shape index (κ3) is 4.40. The van der Waals surface area contributed by atoms with Crippen molar-refractivity contribution < 1.29 is 4.74 Å². The molecule has 4 heteroatoms. The second-order valence-corrected chi connectivity index (χ2v) is 5.76. The third-order valence-corrected chi connectivity index (χ3v) is 4.22. The average molecular weight is 290 g/mol. The van der Waals surface area contributed by atoms with Crippen LogP contribution >= 0.6 is 11.3 Å². The number of nitrogens with one attached hydrogen (secondary N) is 1. The minimum absolute atomic E-state index is 0.472. The Bertz CT molecular complexity index is 498. The number of nitrogens with zero attached hydrogens (tertiary/aromatic N) is 1. The van der Waals surface area contributed by atoms with Gasteiger partial charge >= 0.3 is 0 Å². The Morgan fingerprint density at radius 1 is 1.30 bits per heavy atom. The van der Waals surface area contributed by atoms with Crippen molar-refractivity contribution in [2.24, 2.45) is 0 Å². The summed E-state index contributed by atoms with van der Waals surface area (Å²) in [4.78, 5) is 4.74.